The van der Waals surface area contributed by atoms with Gasteiger partial charge in [0.15, 0.2) is 0 Å². The number of nitrogens with zero attached hydrogens (tertiary/aromatic N) is 1. The van der Waals surface area contributed by atoms with E-state index in [-0.39, 0.29) is 12.6 Å². The molecular weight excluding hydrogens is 388 g/mol. The van der Waals surface area contributed by atoms with E-state index in [9.17, 15) is 13.2 Å². The SMILES string of the molecule is CCCCc1ccc(NC(=O)CN(c2ccc(OC(C)C)cc2)S(C)(=O)=O)cc1. The zero-order valence-corrected chi connectivity index (χ0v) is 18.3. The maximum Gasteiger partial charge on any atom is 0.245 e. The quantitative estimate of drug-likeness (QED) is 0.627. The highest BCUT2D eigenvalue weighted by molar-refractivity contribution is 7.92. The van der Waals surface area contributed by atoms with Crippen molar-refractivity contribution in [3.8, 4) is 5.75 Å². The van der Waals surface area contributed by atoms with Gasteiger partial charge in [-0.25, -0.2) is 8.42 Å². The molecule has 0 unspecified atom stereocenters. The van der Waals surface area contributed by atoms with Gasteiger partial charge in [-0.2, -0.15) is 0 Å². The maximum absolute atomic E-state index is 12.5. The summed E-state index contributed by atoms with van der Waals surface area (Å²) in [4.78, 5) is 12.5. The van der Waals surface area contributed by atoms with Crippen molar-refractivity contribution in [2.24, 2.45) is 0 Å². The molecule has 0 aliphatic heterocycles. The number of rotatable bonds is 10. The minimum Gasteiger partial charge on any atom is -0.491 e. The van der Waals surface area contributed by atoms with E-state index >= 15 is 0 Å². The van der Waals surface area contributed by atoms with Crippen molar-refractivity contribution in [1.82, 2.24) is 0 Å². The lowest BCUT2D eigenvalue weighted by atomic mass is 10.1. The second-order valence-electron chi connectivity index (χ2n) is 7.28. The van der Waals surface area contributed by atoms with Crippen molar-refractivity contribution >= 4 is 27.3 Å². The van der Waals surface area contributed by atoms with Gasteiger partial charge in [0.25, 0.3) is 0 Å². The van der Waals surface area contributed by atoms with Crippen molar-refractivity contribution in [1.29, 1.82) is 0 Å². The molecule has 0 aliphatic carbocycles. The van der Waals surface area contributed by atoms with Gasteiger partial charge in [0, 0.05) is 5.69 Å². The maximum atomic E-state index is 12.5. The van der Waals surface area contributed by atoms with Gasteiger partial charge in [0.05, 0.1) is 18.0 Å². The van der Waals surface area contributed by atoms with E-state index in [4.69, 9.17) is 4.74 Å². The molecule has 0 aliphatic rings. The predicted molar refractivity (Wildman–Crippen MR) is 118 cm³/mol. The monoisotopic (exact) mass is 418 g/mol. The van der Waals surface area contributed by atoms with Crippen LogP contribution in [0.15, 0.2) is 48.5 Å². The number of ether oxygens (including phenoxy) is 1. The number of aryl methyl sites for hydroxylation is 1. The Balaban J connectivity index is 2.07. The summed E-state index contributed by atoms with van der Waals surface area (Å²) in [6, 6.07) is 14.3. The summed E-state index contributed by atoms with van der Waals surface area (Å²) in [7, 11) is -3.63. The third-order valence-corrected chi connectivity index (χ3v) is 5.38. The fraction of sp³-hybridized carbons (Fsp3) is 0.409. The van der Waals surface area contributed by atoms with Gasteiger partial charge in [0.2, 0.25) is 15.9 Å². The van der Waals surface area contributed by atoms with Gasteiger partial charge in [-0.05, 0) is 68.7 Å². The van der Waals surface area contributed by atoms with Crippen LogP contribution >= 0.6 is 0 Å². The molecule has 6 nitrogen and oxygen atoms in total. The minimum absolute atomic E-state index is 0.0194. The average molecular weight is 419 g/mol. The van der Waals surface area contributed by atoms with Crippen molar-refractivity contribution < 1.29 is 17.9 Å². The Hall–Kier alpha value is -2.54. The summed E-state index contributed by atoms with van der Waals surface area (Å²) < 4.78 is 31.1. The zero-order chi connectivity index (χ0) is 21.4. The van der Waals surface area contributed by atoms with Gasteiger partial charge >= 0.3 is 0 Å². The Labute approximate surface area is 173 Å². The van der Waals surface area contributed by atoms with Gasteiger partial charge in [-0.1, -0.05) is 25.5 Å². The second kappa shape index (κ2) is 10.3. The summed E-state index contributed by atoms with van der Waals surface area (Å²) in [6.07, 6.45) is 4.36. The molecule has 7 heteroatoms. The molecular formula is C22H30N2O4S. The second-order valence-corrected chi connectivity index (χ2v) is 9.19. The van der Waals surface area contributed by atoms with Crippen LogP contribution in [0.1, 0.15) is 39.2 Å². The number of hydrogen-bond acceptors (Lipinski definition) is 4. The normalized spacial score (nSPS) is 11.3. The van der Waals surface area contributed by atoms with Crippen LogP contribution in [-0.2, 0) is 21.2 Å². The first kappa shape index (κ1) is 22.7. The first-order valence-corrected chi connectivity index (χ1v) is 11.7. The molecule has 0 aromatic heterocycles. The lowest BCUT2D eigenvalue weighted by molar-refractivity contribution is -0.114. The molecule has 0 atom stereocenters. The molecule has 0 heterocycles. The Kier molecular flexibility index (Phi) is 8.08. The van der Waals surface area contributed by atoms with Gasteiger partial charge in [-0.15, -0.1) is 0 Å². The number of unbranched alkanes of at least 4 members (excludes halogenated alkanes) is 1. The van der Waals surface area contributed by atoms with E-state index in [0.29, 0.717) is 17.1 Å². The Bertz CT molecular complexity index is 891. The molecule has 29 heavy (non-hydrogen) atoms. The third kappa shape index (κ3) is 7.42. The number of nitrogens with one attached hydrogen (secondary N) is 1. The van der Waals surface area contributed by atoms with Crippen molar-refractivity contribution in [2.75, 3.05) is 22.4 Å². The molecule has 0 spiro atoms. The standard InChI is InChI=1S/C22H30N2O4S/c1-5-6-7-18-8-10-19(11-9-18)23-22(25)16-24(29(4,26)27)20-12-14-21(15-13-20)28-17(2)3/h8-15,17H,5-7,16H2,1-4H3,(H,23,25). The fourth-order valence-corrected chi connectivity index (χ4v) is 3.69. The highest BCUT2D eigenvalue weighted by Gasteiger charge is 2.21. The number of hydrogen-bond donors (Lipinski definition) is 1. The van der Waals surface area contributed by atoms with Gasteiger partial charge in [0.1, 0.15) is 12.3 Å². The van der Waals surface area contributed by atoms with Crippen LogP contribution in [0.2, 0.25) is 0 Å². The summed E-state index contributed by atoms with van der Waals surface area (Å²) in [5.41, 5.74) is 2.27. The first-order valence-electron chi connectivity index (χ1n) is 9.82. The summed E-state index contributed by atoms with van der Waals surface area (Å²) in [6.45, 7) is 5.67. The van der Waals surface area contributed by atoms with Gasteiger partial charge < -0.3 is 10.1 Å². The molecule has 0 radical (unpaired) electrons. The average Bonchev–Trinajstić information content (AvgIpc) is 2.65. The van der Waals surface area contributed by atoms with E-state index < -0.39 is 15.9 Å². The Morgan fingerprint density at radius 1 is 1.07 bits per heavy atom. The Morgan fingerprint density at radius 3 is 2.21 bits per heavy atom. The number of carbonyl (C=O) groups excluding carboxylic acids is 1. The van der Waals surface area contributed by atoms with E-state index in [1.807, 2.05) is 38.1 Å². The van der Waals surface area contributed by atoms with Crippen LogP contribution in [0.3, 0.4) is 0 Å². The number of sulfonamides is 1. The predicted octanol–water partition coefficient (Wildman–Crippen LogP) is 4.22. The molecule has 0 fully saturated rings. The minimum atomic E-state index is -3.63. The van der Waals surface area contributed by atoms with Crippen LogP contribution in [0, 0.1) is 0 Å². The van der Waals surface area contributed by atoms with Crippen LogP contribution in [0.25, 0.3) is 0 Å². The lowest BCUT2D eigenvalue weighted by Crippen LogP contribution is -2.37. The molecule has 158 valence electrons. The highest BCUT2D eigenvalue weighted by atomic mass is 32.2. The summed E-state index contributed by atoms with van der Waals surface area (Å²) in [5.74, 6) is 0.240. The van der Waals surface area contributed by atoms with E-state index in [1.54, 1.807) is 24.3 Å². The van der Waals surface area contributed by atoms with E-state index in [0.717, 1.165) is 29.8 Å². The van der Waals surface area contributed by atoms with Crippen molar-refractivity contribution in [2.45, 2.75) is 46.1 Å². The molecule has 0 saturated heterocycles. The highest BCUT2D eigenvalue weighted by Crippen LogP contribution is 2.22. The molecule has 0 saturated carbocycles. The van der Waals surface area contributed by atoms with Crippen LogP contribution < -0.4 is 14.4 Å². The molecule has 0 bridgehead atoms. The van der Waals surface area contributed by atoms with Crippen molar-refractivity contribution in [3.63, 3.8) is 0 Å². The third-order valence-electron chi connectivity index (χ3n) is 4.24. The topological polar surface area (TPSA) is 75.7 Å². The largest absolute Gasteiger partial charge is 0.491 e. The lowest BCUT2D eigenvalue weighted by Gasteiger charge is -2.22. The summed E-state index contributed by atoms with van der Waals surface area (Å²) >= 11 is 0. The fourth-order valence-electron chi connectivity index (χ4n) is 2.83. The smallest absolute Gasteiger partial charge is 0.245 e. The zero-order valence-electron chi connectivity index (χ0n) is 17.5. The van der Waals surface area contributed by atoms with Crippen molar-refractivity contribution in [3.05, 3.63) is 54.1 Å². The number of benzene rings is 2. The molecule has 2 aromatic rings. The summed E-state index contributed by atoms with van der Waals surface area (Å²) in [5, 5.41) is 2.77. The number of anilines is 2. The number of carbonyl (C=O) groups is 1. The number of amides is 1. The first-order chi connectivity index (χ1) is 13.7. The molecule has 1 amide bonds. The van der Waals surface area contributed by atoms with Gasteiger partial charge in [-0.3, -0.25) is 9.10 Å². The molecule has 2 rings (SSSR count). The van der Waals surface area contributed by atoms with Crippen LogP contribution in [0.4, 0.5) is 11.4 Å². The van der Waals surface area contributed by atoms with Crippen LogP contribution in [-0.4, -0.2) is 33.2 Å². The molecule has 1 N–H and O–H groups in total. The van der Waals surface area contributed by atoms with E-state index in [2.05, 4.69) is 12.2 Å². The Morgan fingerprint density at radius 2 is 1.69 bits per heavy atom. The molecule has 2 aromatic carbocycles. The van der Waals surface area contributed by atoms with E-state index in [1.165, 1.54) is 5.56 Å². The van der Waals surface area contributed by atoms with Crippen LogP contribution in [0.5, 0.6) is 5.75 Å².